The minimum atomic E-state index is -1.57. The SMILES string of the molecule is CCC(NC(=O)CNC(=O)CCC(C)C)(C(=O)O)c1ccc(Cl)cc1. The van der Waals surface area contributed by atoms with Gasteiger partial charge in [0.1, 0.15) is 0 Å². The summed E-state index contributed by atoms with van der Waals surface area (Å²) in [6.07, 6.45) is 1.21. The summed E-state index contributed by atoms with van der Waals surface area (Å²) in [6.45, 7) is 5.42. The topological polar surface area (TPSA) is 95.5 Å². The highest BCUT2D eigenvalue weighted by molar-refractivity contribution is 6.30. The highest BCUT2D eigenvalue weighted by atomic mass is 35.5. The second-order valence-electron chi connectivity index (χ2n) is 6.33. The van der Waals surface area contributed by atoms with Crippen LogP contribution in [-0.2, 0) is 19.9 Å². The first kappa shape index (κ1) is 21.0. The number of hydrogen-bond donors (Lipinski definition) is 3. The molecule has 3 N–H and O–H groups in total. The standard InChI is InChI=1S/C18H25ClN2O4/c1-4-18(17(24)25,13-6-8-14(19)9-7-13)21-16(23)11-20-15(22)10-5-12(2)3/h6-9,12H,4-5,10-11H2,1-3H3,(H,20,22)(H,21,23)(H,24,25). The van der Waals surface area contributed by atoms with E-state index in [1.54, 1.807) is 31.2 Å². The van der Waals surface area contributed by atoms with E-state index in [0.717, 1.165) is 6.42 Å². The Hall–Kier alpha value is -2.08. The quantitative estimate of drug-likeness (QED) is 0.624. The lowest BCUT2D eigenvalue weighted by Gasteiger charge is -2.30. The molecule has 1 rings (SSSR count). The zero-order valence-corrected chi connectivity index (χ0v) is 15.5. The molecule has 138 valence electrons. The highest BCUT2D eigenvalue weighted by Crippen LogP contribution is 2.27. The van der Waals surface area contributed by atoms with E-state index in [-0.39, 0.29) is 18.9 Å². The molecule has 0 saturated carbocycles. The van der Waals surface area contributed by atoms with Gasteiger partial charge in [0.25, 0.3) is 0 Å². The molecule has 7 heteroatoms. The Morgan fingerprint density at radius 1 is 1.16 bits per heavy atom. The maximum Gasteiger partial charge on any atom is 0.334 e. The first-order valence-electron chi connectivity index (χ1n) is 8.28. The van der Waals surface area contributed by atoms with Gasteiger partial charge in [-0.25, -0.2) is 4.79 Å². The monoisotopic (exact) mass is 368 g/mol. The van der Waals surface area contributed by atoms with Crippen molar-refractivity contribution < 1.29 is 19.5 Å². The van der Waals surface area contributed by atoms with Gasteiger partial charge in [-0.2, -0.15) is 0 Å². The van der Waals surface area contributed by atoms with E-state index in [1.807, 2.05) is 13.8 Å². The maximum absolute atomic E-state index is 12.2. The second-order valence-corrected chi connectivity index (χ2v) is 6.76. The van der Waals surface area contributed by atoms with Gasteiger partial charge in [-0.3, -0.25) is 9.59 Å². The number of carbonyl (C=O) groups is 3. The van der Waals surface area contributed by atoms with Crippen LogP contribution in [0, 0.1) is 5.92 Å². The fourth-order valence-corrected chi connectivity index (χ4v) is 2.52. The number of rotatable bonds is 9. The van der Waals surface area contributed by atoms with Crippen molar-refractivity contribution >= 4 is 29.4 Å². The lowest BCUT2D eigenvalue weighted by atomic mass is 9.87. The molecule has 1 atom stereocenters. The molecule has 0 aromatic heterocycles. The minimum absolute atomic E-state index is 0.150. The van der Waals surface area contributed by atoms with Crippen LogP contribution in [0.2, 0.25) is 5.02 Å². The van der Waals surface area contributed by atoms with Gasteiger partial charge in [-0.1, -0.05) is 44.5 Å². The van der Waals surface area contributed by atoms with Gasteiger partial charge < -0.3 is 15.7 Å². The number of amides is 2. The number of nitrogens with one attached hydrogen (secondary N) is 2. The van der Waals surface area contributed by atoms with E-state index in [4.69, 9.17) is 11.6 Å². The number of carboxylic acid groups (broad SMARTS) is 1. The molecule has 25 heavy (non-hydrogen) atoms. The van der Waals surface area contributed by atoms with Crippen molar-refractivity contribution in [3.05, 3.63) is 34.9 Å². The molecular weight excluding hydrogens is 344 g/mol. The Balaban J connectivity index is 2.79. The minimum Gasteiger partial charge on any atom is -0.479 e. The average Bonchev–Trinajstić information content (AvgIpc) is 2.56. The summed E-state index contributed by atoms with van der Waals surface area (Å²) in [6, 6.07) is 6.29. The van der Waals surface area contributed by atoms with E-state index in [2.05, 4.69) is 10.6 Å². The summed E-state index contributed by atoms with van der Waals surface area (Å²) < 4.78 is 0. The Morgan fingerprint density at radius 2 is 1.76 bits per heavy atom. The van der Waals surface area contributed by atoms with Crippen molar-refractivity contribution in [3.8, 4) is 0 Å². The molecule has 0 heterocycles. The van der Waals surface area contributed by atoms with Crippen LogP contribution < -0.4 is 10.6 Å². The molecule has 1 unspecified atom stereocenters. The molecule has 0 aliphatic heterocycles. The van der Waals surface area contributed by atoms with Crippen molar-refractivity contribution in [2.45, 2.75) is 45.6 Å². The summed E-state index contributed by atoms with van der Waals surface area (Å²) >= 11 is 5.84. The molecule has 0 aliphatic carbocycles. The molecule has 0 fully saturated rings. The summed E-state index contributed by atoms with van der Waals surface area (Å²) in [5.74, 6) is -1.56. The predicted octanol–water partition coefficient (Wildman–Crippen LogP) is 2.70. The zero-order valence-electron chi connectivity index (χ0n) is 14.8. The second kappa shape index (κ2) is 9.42. The Morgan fingerprint density at radius 3 is 2.24 bits per heavy atom. The summed E-state index contributed by atoms with van der Waals surface area (Å²) in [4.78, 5) is 35.7. The summed E-state index contributed by atoms with van der Waals surface area (Å²) in [7, 11) is 0. The van der Waals surface area contributed by atoms with Crippen LogP contribution in [0.4, 0.5) is 0 Å². The van der Waals surface area contributed by atoms with Crippen LogP contribution in [0.25, 0.3) is 0 Å². The Labute approximate surface area is 152 Å². The molecule has 1 aromatic rings. The first-order valence-corrected chi connectivity index (χ1v) is 8.66. The Kier molecular flexibility index (Phi) is 7.90. The molecule has 1 aromatic carbocycles. The van der Waals surface area contributed by atoms with E-state index < -0.39 is 17.4 Å². The van der Waals surface area contributed by atoms with Crippen LogP contribution in [-0.4, -0.2) is 29.4 Å². The number of halogens is 1. The molecule has 0 bridgehead atoms. The molecular formula is C18H25ClN2O4. The molecule has 2 amide bonds. The third-order valence-electron chi connectivity index (χ3n) is 3.98. The summed E-state index contributed by atoms with van der Waals surface area (Å²) in [5, 5.41) is 15.2. The number of hydrogen-bond acceptors (Lipinski definition) is 3. The average molecular weight is 369 g/mol. The van der Waals surface area contributed by atoms with Crippen molar-refractivity contribution in [1.82, 2.24) is 10.6 Å². The lowest BCUT2D eigenvalue weighted by Crippen LogP contribution is -2.53. The van der Waals surface area contributed by atoms with Crippen molar-refractivity contribution in [1.29, 1.82) is 0 Å². The van der Waals surface area contributed by atoms with Crippen molar-refractivity contribution in [2.24, 2.45) is 5.92 Å². The number of carboxylic acids is 1. The van der Waals surface area contributed by atoms with Gasteiger partial charge in [0.05, 0.1) is 6.54 Å². The van der Waals surface area contributed by atoms with Gasteiger partial charge >= 0.3 is 5.97 Å². The van der Waals surface area contributed by atoms with Crippen LogP contribution in [0.15, 0.2) is 24.3 Å². The Bertz CT molecular complexity index is 616. The first-order chi connectivity index (χ1) is 11.7. The van der Waals surface area contributed by atoms with E-state index in [0.29, 0.717) is 22.9 Å². The third kappa shape index (κ3) is 6.05. The van der Waals surface area contributed by atoms with Crippen LogP contribution >= 0.6 is 11.6 Å². The molecule has 0 saturated heterocycles. The fourth-order valence-electron chi connectivity index (χ4n) is 2.40. The van der Waals surface area contributed by atoms with Gasteiger partial charge in [-0.05, 0) is 36.5 Å². The van der Waals surface area contributed by atoms with Gasteiger partial charge in [0, 0.05) is 11.4 Å². The normalized spacial score (nSPS) is 13.2. The van der Waals surface area contributed by atoms with E-state index in [1.165, 1.54) is 0 Å². The zero-order chi connectivity index (χ0) is 19.0. The maximum atomic E-state index is 12.2. The molecule has 6 nitrogen and oxygen atoms in total. The van der Waals surface area contributed by atoms with Crippen molar-refractivity contribution in [2.75, 3.05) is 6.54 Å². The van der Waals surface area contributed by atoms with Crippen LogP contribution in [0.1, 0.15) is 45.6 Å². The predicted molar refractivity (Wildman–Crippen MR) is 96.3 cm³/mol. The lowest BCUT2D eigenvalue weighted by molar-refractivity contribution is -0.148. The third-order valence-corrected chi connectivity index (χ3v) is 4.23. The molecule has 0 aliphatic rings. The summed E-state index contributed by atoms with van der Waals surface area (Å²) in [5.41, 5.74) is -1.14. The number of aliphatic carboxylic acids is 1. The van der Waals surface area contributed by atoms with Crippen LogP contribution in [0.3, 0.4) is 0 Å². The largest absolute Gasteiger partial charge is 0.479 e. The smallest absolute Gasteiger partial charge is 0.334 e. The van der Waals surface area contributed by atoms with Crippen LogP contribution in [0.5, 0.6) is 0 Å². The van der Waals surface area contributed by atoms with E-state index in [9.17, 15) is 19.5 Å². The number of benzene rings is 1. The number of carbonyl (C=O) groups excluding carboxylic acids is 2. The van der Waals surface area contributed by atoms with Gasteiger partial charge in [0.2, 0.25) is 11.8 Å². The van der Waals surface area contributed by atoms with Gasteiger partial charge in [-0.15, -0.1) is 0 Å². The highest BCUT2D eigenvalue weighted by Gasteiger charge is 2.40. The van der Waals surface area contributed by atoms with Crippen molar-refractivity contribution in [3.63, 3.8) is 0 Å². The van der Waals surface area contributed by atoms with E-state index >= 15 is 0 Å². The van der Waals surface area contributed by atoms with Gasteiger partial charge in [0.15, 0.2) is 5.54 Å². The molecule has 0 spiro atoms. The molecule has 0 radical (unpaired) electrons. The fraction of sp³-hybridized carbons (Fsp3) is 0.500.